The molecule has 7 rings (SSSR count). The molecule has 0 bridgehead atoms. The average Bonchev–Trinajstić information content (AvgIpc) is 3.54. The van der Waals surface area contributed by atoms with E-state index in [1.54, 1.807) is 18.2 Å². The maximum atomic E-state index is 12.0. The summed E-state index contributed by atoms with van der Waals surface area (Å²) in [6, 6.07) is 51.8. The van der Waals surface area contributed by atoms with E-state index < -0.39 is 5.41 Å². The van der Waals surface area contributed by atoms with Gasteiger partial charge in [0.2, 0.25) is 0 Å². The number of nitriles is 1. The van der Waals surface area contributed by atoms with Crippen LogP contribution in [-0.4, -0.2) is 18.0 Å². The van der Waals surface area contributed by atoms with Crippen molar-refractivity contribution in [1.82, 2.24) is 0 Å². The van der Waals surface area contributed by atoms with E-state index in [1.165, 1.54) is 22.4 Å². The lowest BCUT2D eigenvalue weighted by molar-refractivity contribution is -0.572. The number of nitrogens with two attached hydrogens (primary N) is 1. The Morgan fingerprint density at radius 1 is 0.785 bits per heavy atom. The fourth-order valence-corrected chi connectivity index (χ4v) is 9.31. The van der Waals surface area contributed by atoms with Crippen LogP contribution in [0.15, 0.2) is 181 Å². The van der Waals surface area contributed by atoms with Crippen molar-refractivity contribution in [2.75, 3.05) is 18.0 Å². The number of quaternary nitrogens is 1. The van der Waals surface area contributed by atoms with Gasteiger partial charge < -0.3 is 10.2 Å². The highest BCUT2D eigenvalue weighted by Crippen LogP contribution is 2.49. The first-order valence-electron chi connectivity index (χ1n) is 23.0. The smallest absolute Gasteiger partial charge is 0.269 e. The van der Waals surface area contributed by atoms with E-state index in [1.807, 2.05) is 62.4 Å². The highest BCUT2D eigenvalue weighted by Gasteiger charge is 2.40. The SMILES string of the molecule is CC.CCC[NH2+]c1ccc(Cl)cc1C(C/C=C/C(C#N)=C/C=C1/N(CCC)c2ccc(-c3ccccc3)cc2C1(C)C)(Cc1ccc(-c2ccccc2)cc1)Cc1cccc([N+](=O)[O-])c1. The number of hydrogen-bond acceptors (Lipinski definition) is 4. The van der Waals surface area contributed by atoms with Crippen molar-refractivity contribution >= 4 is 28.7 Å². The van der Waals surface area contributed by atoms with Crippen molar-refractivity contribution in [3.8, 4) is 28.3 Å². The van der Waals surface area contributed by atoms with E-state index in [0.717, 1.165) is 65.1 Å². The molecule has 0 saturated carbocycles. The Labute approximate surface area is 391 Å². The van der Waals surface area contributed by atoms with Gasteiger partial charge >= 0.3 is 0 Å². The van der Waals surface area contributed by atoms with Crippen LogP contribution in [-0.2, 0) is 23.7 Å². The third-order valence-electron chi connectivity index (χ3n) is 12.3. The molecular weight excluding hydrogens is 820 g/mol. The maximum absolute atomic E-state index is 12.0. The second-order valence-electron chi connectivity index (χ2n) is 17.1. The number of nitro benzene ring substituents is 1. The van der Waals surface area contributed by atoms with E-state index in [9.17, 15) is 15.4 Å². The fraction of sp³-hybridized carbons (Fsp3) is 0.259. The Bertz CT molecular complexity index is 2680. The number of anilines is 1. The molecule has 332 valence electrons. The number of halogens is 1. The molecular formula is C58H62ClN4O2+. The van der Waals surface area contributed by atoms with E-state index in [4.69, 9.17) is 11.6 Å². The summed E-state index contributed by atoms with van der Waals surface area (Å²) >= 11 is 6.88. The maximum Gasteiger partial charge on any atom is 0.269 e. The van der Waals surface area contributed by atoms with Crippen LogP contribution >= 0.6 is 11.6 Å². The number of fused-ring (bicyclic) bond motifs is 1. The zero-order valence-corrected chi connectivity index (χ0v) is 39.5. The Balaban J connectivity index is 0.00000345. The van der Waals surface area contributed by atoms with Crippen molar-refractivity contribution < 1.29 is 10.2 Å². The monoisotopic (exact) mass is 881 g/mol. The van der Waals surface area contributed by atoms with Crippen molar-refractivity contribution in [3.63, 3.8) is 0 Å². The van der Waals surface area contributed by atoms with Gasteiger partial charge in [-0.1, -0.05) is 162 Å². The molecule has 0 amide bonds. The zero-order valence-electron chi connectivity index (χ0n) is 38.7. The van der Waals surface area contributed by atoms with Gasteiger partial charge in [0, 0.05) is 57.5 Å². The molecule has 0 fully saturated rings. The first kappa shape index (κ1) is 47.9. The van der Waals surface area contributed by atoms with Gasteiger partial charge in [0.15, 0.2) is 0 Å². The van der Waals surface area contributed by atoms with Crippen LogP contribution in [0.5, 0.6) is 0 Å². The molecule has 1 unspecified atom stereocenters. The molecule has 6 aromatic rings. The van der Waals surface area contributed by atoms with Crippen LogP contribution in [0.2, 0.25) is 5.02 Å². The summed E-state index contributed by atoms with van der Waals surface area (Å²) in [5, 5.41) is 25.6. The van der Waals surface area contributed by atoms with E-state index in [2.05, 4.69) is 147 Å². The van der Waals surface area contributed by atoms with Gasteiger partial charge in [0.25, 0.3) is 5.69 Å². The molecule has 6 aromatic carbocycles. The van der Waals surface area contributed by atoms with Gasteiger partial charge in [-0.05, 0) is 114 Å². The van der Waals surface area contributed by atoms with E-state index >= 15 is 0 Å². The first-order chi connectivity index (χ1) is 31.5. The summed E-state index contributed by atoms with van der Waals surface area (Å²) in [6.07, 6.45) is 11.8. The second-order valence-corrected chi connectivity index (χ2v) is 17.6. The Morgan fingerprint density at radius 2 is 1.43 bits per heavy atom. The Kier molecular flexibility index (Phi) is 16.5. The number of allylic oxidation sites excluding steroid dienone is 6. The van der Waals surface area contributed by atoms with Crippen LogP contribution in [0.4, 0.5) is 17.1 Å². The molecule has 6 nitrogen and oxygen atoms in total. The lowest BCUT2D eigenvalue weighted by atomic mass is 9.68. The van der Waals surface area contributed by atoms with Crippen molar-refractivity contribution in [1.29, 1.82) is 5.26 Å². The Hall–Kier alpha value is -6.52. The minimum atomic E-state index is -0.604. The van der Waals surface area contributed by atoms with Gasteiger partial charge in [-0.25, -0.2) is 0 Å². The van der Waals surface area contributed by atoms with Crippen molar-refractivity contribution in [2.24, 2.45) is 0 Å². The molecule has 0 aliphatic carbocycles. The van der Waals surface area contributed by atoms with Crippen molar-refractivity contribution in [3.05, 3.63) is 219 Å². The fourth-order valence-electron chi connectivity index (χ4n) is 9.14. The molecule has 0 spiro atoms. The van der Waals surface area contributed by atoms with Crippen LogP contribution in [0, 0.1) is 21.4 Å². The normalized spacial score (nSPS) is 14.6. The highest BCUT2D eigenvalue weighted by atomic mass is 35.5. The van der Waals surface area contributed by atoms with Crippen LogP contribution in [0.25, 0.3) is 22.3 Å². The second kappa shape index (κ2) is 22.4. The third kappa shape index (κ3) is 11.4. The van der Waals surface area contributed by atoms with E-state index in [-0.39, 0.29) is 16.0 Å². The van der Waals surface area contributed by atoms with Gasteiger partial charge in [0.1, 0.15) is 5.69 Å². The largest absolute Gasteiger partial charge is 0.344 e. The summed E-state index contributed by atoms with van der Waals surface area (Å²) in [7, 11) is 0. The summed E-state index contributed by atoms with van der Waals surface area (Å²) in [5.41, 5.74) is 12.1. The predicted molar refractivity (Wildman–Crippen MR) is 272 cm³/mol. The number of nitro groups is 1. The first-order valence-corrected chi connectivity index (χ1v) is 23.4. The molecule has 1 atom stereocenters. The van der Waals surface area contributed by atoms with Crippen LogP contribution in [0.3, 0.4) is 0 Å². The number of nitrogens with zero attached hydrogens (tertiary/aromatic N) is 3. The summed E-state index contributed by atoms with van der Waals surface area (Å²) in [5.74, 6) is 0. The summed E-state index contributed by atoms with van der Waals surface area (Å²) < 4.78 is 0. The standard InChI is InChI=1S/C56H55ClN4O2.C2H6/c1-5-33-59-52-29-28-48(57)37-50(52)56(39-43-15-13-21-49(35-43)61(62)63,38-41-22-25-46(26-23-41)44-17-9-7-10-18-44)32-14-16-42(40-58)24-31-54-55(3,4)51-36-47(45-19-11-8-12-20-45)27-30-53(51)60(54)34-6-2;1-2/h7-31,35-37,59H,5-6,32-34,38-39H2,1-4H3;1-2H3/p+1/b16-14+,42-24-,54-31+;. The minimum absolute atomic E-state index is 0.0566. The zero-order chi connectivity index (χ0) is 46.4. The van der Waals surface area contributed by atoms with Crippen LogP contribution in [0.1, 0.15) is 83.1 Å². The molecule has 2 N–H and O–H groups in total. The predicted octanol–water partition coefficient (Wildman–Crippen LogP) is 14.4. The average molecular weight is 883 g/mol. The highest BCUT2D eigenvalue weighted by molar-refractivity contribution is 6.30. The third-order valence-corrected chi connectivity index (χ3v) is 12.5. The number of rotatable bonds is 17. The molecule has 0 aromatic heterocycles. The number of non-ortho nitro benzene ring substituents is 1. The molecule has 0 saturated heterocycles. The van der Waals surface area contributed by atoms with Crippen LogP contribution < -0.4 is 10.2 Å². The van der Waals surface area contributed by atoms with E-state index in [0.29, 0.717) is 29.9 Å². The lowest BCUT2D eigenvalue weighted by Crippen LogP contribution is -2.78. The van der Waals surface area contributed by atoms with Gasteiger partial charge in [-0.15, -0.1) is 0 Å². The van der Waals surface area contributed by atoms with Gasteiger partial charge in [0.05, 0.1) is 23.1 Å². The van der Waals surface area contributed by atoms with Gasteiger partial charge in [-0.3, -0.25) is 10.1 Å². The Morgan fingerprint density at radius 3 is 2.08 bits per heavy atom. The molecule has 1 heterocycles. The summed E-state index contributed by atoms with van der Waals surface area (Å²) in [6.45, 7) is 14.7. The molecule has 0 radical (unpaired) electrons. The minimum Gasteiger partial charge on any atom is -0.344 e. The molecule has 7 heteroatoms. The quantitative estimate of drug-likeness (QED) is 0.0325. The molecule has 65 heavy (non-hydrogen) atoms. The molecule has 1 aliphatic heterocycles. The van der Waals surface area contributed by atoms with Gasteiger partial charge in [-0.2, -0.15) is 5.26 Å². The lowest BCUT2D eigenvalue weighted by Gasteiger charge is -2.35. The molecule has 1 aliphatic rings. The summed E-state index contributed by atoms with van der Waals surface area (Å²) in [4.78, 5) is 14.1. The number of hydrogen-bond donors (Lipinski definition) is 1. The number of benzene rings is 6. The topological polar surface area (TPSA) is 86.8 Å². The van der Waals surface area contributed by atoms with Crippen molar-refractivity contribution in [2.45, 2.75) is 84.5 Å².